The first-order chi connectivity index (χ1) is 11.5. The van der Waals surface area contributed by atoms with Crippen molar-refractivity contribution in [2.45, 2.75) is 37.5 Å². The molecule has 2 saturated carbocycles. The molecule has 0 bridgehead atoms. The Morgan fingerprint density at radius 2 is 1.92 bits per heavy atom. The maximum Gasteiger partial charge on any atom is 0.249 e. The number of aromatic nitrogens is 3. The van der Waals surface area contributed by atoms with Crippen LogP contribution in [0.15, 0.2) is 41.2 Å². The molecule has 6 heteroatoms. The van der Waals surface area contributed by atoms with E-state index in [9.17, 15) is 8.78 Å². The van der Waals surface area contributed by atoms with E-state index in [-0.39, 0.29) is 24.2 Å². The van der Waals surface area contributed by atoms with Gasteiger partial charge in [0.05, 0.1) is 0 Å². The number of fused-ring (bicyclic) bond motifs is 1. The van der Waals surface area contributed by atoms with Crippen molar-refractivity contribution >= 4 is 10.8 Å². The summed E-state index contributed by atoms with van der Waals surface area (Å²) in [6.45, 7) is 0. The van der Waals surface area contributed by atoms with Gasteiger partial charge in [-0.3, -0.25) is 4.98 Å². The van der Waals surface area contributed by atoms with Crippen molar-refractivity contribution in [1.29, 1.82) is 0 Å². The predicted octanol–water partition coefficient (Wildman–Crippen LogP) is 4.58. The van der Waals surface area contributed by atoms with Crippen molar-refractivity contribution < 1.29 is 13.3 Å². The second-order valence-electron chi connectivity index (χ2n) is 7.21. The standard InChI is InChI=1S/C18H15F2N3O/c19-18(20)9-17(10-18)6-14(7-17)16-22-15(23-24-16)12-1-2-13-8-21-4-3-11(13)5-12/h1-5,8,14H,6-7,9-10H2. The van der Waals surface area contributed by atoms with E-state index in [1.54, 1.807) is 6.20 Å². The number of pyridine rings is 1. The van der Waals surface area contributed by atoms with Crippen molar-refractivity contribution in [2.24, 2.45) is 5.41 Å². The molecule has 2 fully saturated rings. The lowest BCUT2D eigenvalue weighted by Crippen LogP contribution is -2.52. The van der Waals surface area contributed by atoms with Crippen LogP contribution in [0.2, 0.25) is 0 Å². The van der Waals surface area contributed by atoms with Crippen molar-refractivity contribution in [3.05, 3.63) is 42.5 Å². The van der Waals surface area contributed by atoms with Crippen LogP contribution in [0, 0.1) is 5.41 Å². The summed E-state index contributed by atoms with van der Waals surface area (Å²) < 4.78 is 31.6. The molecule has 4 nitrogen and oxygen atoms in total. The molecule has 2 aromatic heterocycles. The van der Waals surface area contributed by atoms with Crippen molar-refractivity contribution in [2.75, 3.05) is 0 Å². The molecule has 2 aliphatic carbocycles. The van der Waals surface area contributed by atoms with E-state index in [0.29, 0.717) is 11.7 Å². The van der Waals surface area contributed by atoms with Gasteiger partial charge in [0.15, 0.2) is 0 Å². The highest BCUT2D eigenvalue weighted by Gasteiger charge is 2.62. The summed E-state index contributed by atoms with van der Waals surface area (Å²) in [6, 6.07) is 7.85. The van der Waals surface area contributed by atoms with E-state index in [4.69, 9.17) is 4.52 Å². The number of nitrogens with zero attached hydrogens (tertiary/aromatic N) is 3. The maximum atomic E-state index is 13.1. The molecule has 122 valence electrons. The third kappa shape index (κ3) is 2.12. The van der Waals surface area contributed by atoms with Crippen LogP contribution in [0.1, 0.15) is 37.5 Å². The number of hydrogen-bond acceptors (Lipinski definition) is 4. The highest BCUT2D eigenvalue weighted by atomic mass is 19.3. The summed E-state index contributed by atoms with van der Waals surface area (Å²) in [5.41, 5.74) is 0.701. The Labute approximate surface area is 136 Å². The molecule has 1 aromatic carbocycles. The fraction of sp³-hybridized carbons (Fsp3) is 0.389. The Morgan fingerprint density at radius 3 is 2.71 bits per heavy atom. The highest BCUT2D eigenvalue weighted by molar-refractivity contribution is 5.85. The molecule has 0 saturated heterocycles. The molecule has 0 atom stereocenters. The highest BCUT2D eigenvalue weighted by Crippen LogP contribution is 2.66. The van der Waals surface area contributed by atoms with Gasteiger partial charge in [0, 0.05) is 42.1 Å². The largest absolute Gasteiger partial charge is 0.339 e. The maximum absolute atomic E-state index is 13.1. The minimum absolute atomic E-state index is 0.0101. The first-order valence-corrected chi connectivity index (χ1v) is 8.08. The minimum atomic E-state index is -2.47. The Hall–Kier alpha value is -2.37. The number of rotatable bonds is 2. The Bertz CT molecular complexity index is 921. The molecule has 0 radical (unpaired) electrons. The van der Waals surface area contributed by atoms with Gasteiger partial charge in [-0.2, -0.15) is 4.98 Å². The van der Waals surface area contributed by atoms with Crippen LogP contribution in [-0.2, 0) is 0 Å². The zero-order chi connectivity index (χ0) is 16.4. The second-order valence-corrected chi connectivity index (χ2v) is 7.21. The first kappa shape index (κ1) is 14.0. The van der Waals surface area contributed by atoms with Gasteiger partial charge in [-0.15, -0.1) is 0 Å². The molecular weight excluding hydrogens is 312 g/mol. The number of halogens is 2. The van der Waals surface area contributed by atoms with Crippen molar-refractivity contribution in [1.82, 2.24) is 15.1 Å². The van der Waals surface area contributed by atoms with E-state index >= 15 is 0 Å². The molecule has 0 amide bonds. The fourth-order valence-electron chi connectivity index (χ4n) is 4.24. The first-order valence-electron chi connectivity index (χ1n) is 8.08. The van der Waals surface area contributed by atoms with Gasteiger partial charge in [-0.25, -0.2) is 8.78 Å². The van der Waals surface area contributed by atoms with Gasteiger partial charge in [0.1, 0.15) is 0 Å². The van der Waals surface area contributed by atoms with Gasteiger partial charge in [-0.1, -0.05) is 17.3 Å². The molecule has 1 spiro atoms. The normalized spacial score (nSPS) is 21.6. The molecule has 2 heterocycles. The summed E-state index contributed by atoms with van der Waals surface area (Å²) >= 11 is 0. The lowest BCUT2D eigenvalue weighted by atomic mass is 9.50. The lowest BCUT2D eigenvalue weighted by molar-refractivity contribution is -0.198. The van der Waals surface area contributed by atoms with Gasteiger partial charge in [0.2, 0.25) is 17.6 Å². The molecular formula is C18H15F2N3O. The molecule has 0 N–H and O–H groups in total. The van der Waals surface area contributed by atoms with Crippen LogP contribution in [-0.4, -0.2) is 21.0 Å². The lowest BCUT2D eigenvalue weighted by Gasteiger charge is -2.56. The summed E-state index contributed by atoms with van der Waals surface area (Å²) in [7, 11) is 0. The fourth-order valence-corrected chi connectivity index (χ4v) is 4.24. The summed E-state index contributed by atoms with van der Waals surface area (Å²) in [5.74, 6) is -1.23. The third-order valence-electron chi connectivity index (χ3n) is 5.32. The Balaban J connectivity index is 1.36. The van der Waals surface area contributed by atoms with Gasteiger partial charge < -0.3 is 4.52 Å². The third-order valence-corrected chi connectivity index (χ3v) is 5.32. The molecule has 2 aliphatic rings. The number of hydrogen-bond donors (Lipinski definition) is 0. The average molecular weight is 327 g/mol. The van der Waals surface area contributed by atoms with Crippen molar-refractivity contribution in [3.63, 3.8) is 0 Å². The summed E-state index contributed by atoms with van der Waals surface area (Å²) in [5, 5.41) is 6.18. The molecule has 3 aromatic rings. The summed E-state index contributed by atoms with van der Waals surface area (Å²) in [6.07, 6.45) is 5.03. The quantitative estimate of drug-likeness (QED) is 0.691. The molecule has 0 unspecified atom stereocenters. The van der Waals surface area contributed by atoms with Gasteiger partial charge in [-0.05, 0) is 35.8 Å². The van der Waals surface area contributed by atoms with Crippen LogP contribution in [0.4, 0.5) is 8.78 Å². The average Bonchev–Trinajstić information content (AvgIpc) is 2.99. The van der Waals surface area contributed by atoms with Crippen LogP contribution in [0.25, 0.3) is 22.2 Å². The van der Waals surface area contributed by atoms with Gasteiger partial charge in [0.25, 0.3) is 0 Å². The topological polar surface area (TPSA) is 51.8 Å². The molecule has 0 aliphatic heterocycles. The molecule has 24 heavy (non-hydrogen) atoms. The number of benzene rings is 1. The van der Waals surface area contributed by atoms with E-state index in [1.807, 2.05) is 30.5 Å². The van der Waals surface area contributed by atoms with Crippen molar-refractivity contribution in [3.8, 4) is 11.4 Å². The van der Waals surface area contributed by atoms with Crippen LogP contribution in [0.5, 0.6) is 0 Å². The van der Waals surface area contributed by atoms with Gasteiger partial charge >= 0.3 is 0 Å². The van der Waals surface area contributed by atoms with Crippen LogP contribution >= 0.6 is 0 Å². The zero-order valence-electron chi connectivity index (χ0n) is 12.9. The van der Waals surface area contributed by atoms with Crippen LogP contribution < -0.4 is 0 Å². The Morgan fingerprint density at radius 1 is 1.08 bits per heavy atom. The minimum Gasteiger partial charge on any atom is -0.339 e. The monoisotopic (exact) mass is 327 g/mol. The molecule has 5 rings (SSSR count). The van der Waals surface area contributed by atoms with E-state index < -0.39 is 5.92 Å². The smallest absolute Gasteiger partial charge is 0.249 e. The second kappa shape index (κ2) is 4.59. The zero-order valence-corrected chi connectivity index (χ0v) is 12.9. The van der Waals surface area contributed by atoms with E-state index in [2.05, 4.69) is 15.1 Å². The van der Waals surface area contributed by atoms with Crippen LogP contribution in [0.3, 0.4) is 0 Å². The predicted molar refractivity (Wildman–Crippen MR) is 83.6 cm³/mol. The summed E-state index contributed by atoms with van der Waals surface area (Å²) in [4.78, 5) is 8.58. The van der Waals surface area contributed by atoms with E-state index in [0.717, 1.165) is 29.2 Å². The Kier molecular flexibility index (Phi) is 2.68. The number of alkyl halides is 2. The SMILES string of the molecule is FC1(F)CC2(CC(c3nc(-c4ccc5cnccc5c4)no3)C2)C1. The van der Waals surface area contributed by atoms with E-state index in [1.165, 1.54) is 0 Å².